The van der Waals surface area contributed by atoms with Crippen LogP contribution in [0.4, 0.5) is 4.79 Å². The molecule has 2 heterocycles. The van der Waals surface area contributed by atoms with Crippen molar-refractivity contribution in [2.45, 2.75) is 25.4 Å². The highest BCUT2D eigenvalue weighted by atomic mass is 16.3. The molecule has 3 rings (SSSR count). The van der Waals surface area contributed by atoms with Gasteiger partial charge >= 0.3 is 6.03 Å². The van der Waals surface area contributed by atoms with Crippen molar-refractivity contribution in [3.63, 3.8) is 0 Å². The van der Waals surface area contributed by atoms with Crippen LogP contribution >= 0.6 is 0 Å². The third kappa shape index (κ3) is 3.13. The molecule has 1 fully saturated rings. The minimum atomic E-state index is -1.13. The summed E-state index contributed by atoms with van der Waals surface area (Å²) in [5, 5.41) is 5.38. The van der Waals surface area contributed by atoms with Gasteiger partial charge in [0.25, 0.3) is 5.91 Å². The van der Waals surface area contributed by atoms with Gasteiger partial charge in [-0.15, -0.1) is 0 Å². The molecule has 130 valence electrons. The lowest BCUT2D eigenvalue weighted by Gasteiger charge is -2.25. The van der Waals surface area contributed by atoms with Crippen molar-refractivity contribution in [1.29, 1.82) is 0 Å². The van der Waals surface area contributed by atoms with Crippen molar-refractivity contribution in [3.8, 4) is 0 Å². The predicted octanol–water partition coefficient (Wildman–Crippen LogP) is 1.75. The van der Waals surface area contributed by atoms with Crippen LogP contribution in [0.25, 0.3) is 0 Å². The van der Waals surface area contributed by atoms with Gasteiger partial charge in [-0.3, -0.25) is 14.5 Å². The van der Waals surface area contributed by atoms with E-state index in [2.05, 4.69) is 10.6 Å². The Morgan fingerprint density at radius 3 is 2.60 bits per heavy atom. The lowest BCUT2D eigenvalue weighted by atomic mass is 9.87. The van der Waals surface area contributed by atoms with Crippen LogP contribution in [0.15, 0.2) is 53.1 Å². The molecule has 1 aromatic carbocycles. The number of rotatable bonds is 6. The second-order valence-corrected chi connectivity index (χ2v) is 5.80. The topological polar surface area (TPSA) is 91.7 Å². The van der Waals surface area contributed by atoms with Crippen molar-refractivity contribution in [3.05, 3.63) is 60.1 Å². The number of carbonyl (C=O) groups is 3. The molecule has 0 bridgehead atoms. The Kier molecular flexibility index (Phi) is 4.56. The van der Waals surface area contributed by atoms with Gasteiger partial charge in [-0.25, -0.2) is 4.79 Å². The number of urea groups is 1. The van der Waals surface area contributed by atoms with Gasteiger partial charge in [0.05, 0.1) is 12.8 Å². The van der Waals surface area contributed by atoms with Crippen molar-refractivity contribution in [1.82, 2.24) is 15.5 Å². The van der Waals surface area contributed by atoms with Crippen molar-refractivity contribution < 1.29 is 18.8 Å². The Labute approximate surface area is 145 Å². The highest BCUT2D eigenvalue weighted by Gasteiger charge is 2.51. The quantitative estimate of drug-likeness (QED) is 0.783. The summed E-state index contributed by atoms with van der Waals surface area (Å²) in [5.41, 5.74) is -0.422. The van der Waals surface area contributed by atoms with Gasteiger partial charge in [0.2, 0.25) is 5.91 Å². The number of hydrogen-bond donors (Lipinski definition) is 2. The summed E-state index contributed by atoms with van der Waals surface area (Å²) in [4.78, 5) is 38.2. The molecule has 25 heavy (non-hydrogen) atoms. The number of nitrogens with zero attached hydrogens (tertiary/aromatic N) is 1. The maximum atomic E-state index is 12.9. The van der Waals surface area contributed by atoms with Crippen molar-refractivity contribution in [2.24, 2.45) is 0 Å². The van der Waals surface area contributed by atoms with E-state index in [9.17, 15) is 14.4 Å². The van der Waals surface area contributed by atoms with E-state index in [-0.39, 0.29) is 13.1 Å². The molecule has 0 saturated carbocycles. The Morgan fingerprint density at radius 2 is 1.96 bits per heavy atom. The summed E-state index contributed by atoms with van der Waals surface area (Å²) in [6.07, 6.45) is 1.90. The number of carbonyl (C=O) groups excluding carboxylic acids is 3. The molecule has 7 heteroatoms. The zero-order valence-electron chi connectivity index (χ0n) is 13.8. The number of furan rings is 1. The zero-order chi connectivity index (χ0) is 17.9. The van der Waals surface area contributed by atoms with Gasteiger partial charge in [0, 0.05) is 0 Å². The maximum Gasteiger partial charge on any atom is 0.325 e. The first-order chi connectivity index (χ1) is 12.1. The van der Waals surface area contributed by atoms with Crippen LogP contribution in [0.2, 0.25) is 0 Å². The molecule has 1 aliphatic rings. The van der Waals surface area contributed by atoms with Crippen molar-refractivity contribution in [2.75, 3.05) is 6.54 Å². The van der Waals surface area contributed by atoms with E-state index in [1.807, 2.05) is 25.1 Å². The van der Waals surface area contributed by atoms with E-state index in [4.69, 9.17) is 4.42 Å². The zero-order valence-corrected chi connectivity index (χ0v) is 13.8. The number of imide groups is 1. The molecule has 1 unspecified atom stereocenters. The van der Waals surface area contributed by atoms with Gasteiger partial charge in [0.1, 0.15) is 17.8 Å². The summed E-state index contributed by atoms with van der Waals surface area (Å²) in [5.74, 6) is -0.253. The molecule has 1 saturated heterocycles. The maximum absolute atomic E-state index is 12.9. The Bertz CT molecular complexity index is 773. The number of nitrogens with one attached hydrogen (secondary N) is 2. The molecule has 0 radical (unpaired) electrons. The van der Waals surface area contributed by atoms with Gasteiger partial charge < -0.3 is 15.1 Å². The molecule has 0 aliphatic carbocycles. The first kappa shape index (κ1) is 16.8. The minimum Gasteiger partial charge on any atom is -0.467 e. The van der Waals surface area contributed by atoms with Gasteiger partial charge in [-0.2, -0.15) is 0 Å². The Hall–Kier alpha value is -3.09. The van der Waals surface area contributed by atoms with Crippen LogP contribution in [0.5, 0.6) is 0 Å². The van der Waals surface area contributed by atoms with Crippen molar-refractivity contribution >= 4 is 17.8 Å². The highest BCUT2D eigenvalue weighted by Crippen LogP contribution is 2.32. The smallest absolute Gasteiger partial charge is 0.325 e. The fourth-order valence-corrected chi connectivity index (χ4v) is 2.93. The molecule has 1 aliphatic heterocycles. The van der Waals surface area contributed by atoms with Crippen LogP contribution in [0.1, 0.15) is 24.7 Å². The average molecular weight is 341 g/mol. The largest absolute Gasteiger partial charge is 0.467 e. The first-order valence-corrected chi connectivity index (χ1v) is 8.05. The van der Waals surface area contributed by atoms with Gasteiger partial charge in [-0.05, 0) is 24.1 Å². The standard InChI is InChI=1S/C18H19N3O4/c1-2-18(13-7-4-3-5-8-13)16(23)21(17(24)20-18)12-15(22)19-11-14-9-6-10-25-14/h3-10H,2,11-12H2,1H3,(H,19,22)(H,20,24). The third-order valence-corrected chi connectivity index (χ3v) is 4.31. The molecule has 2 N–H and O–H groups in total. The lowest BCUT2D eigenvalue weighted by Crippen LogP contribution is -2.44. The Morgan fingerprint density at radius 1 is 1.20 bits per heavy atom. The summed E-state index contributed by atoms with van der Waals surface area (Å²) < 4.78 is 5.13. The summed E-state index contributed by atoms with van der Waals surface area (Å²) >= 11 is 0. The molecule has 1 aromatic heterocycles. The van der Waals surface area contributed by atoms with Crippen LogP contribution < -0.4 is 10.6 Å². The van der Waals surface area contributed by atoms with E-state index in [0.717, 1.165) is 4.90 Å². The second-order valence-electron chi connectivity index (χ2n) is 5.80. The SMILES string of the molecule is CCC1(c2ccccc2)NC(=O)N(CC(=O)NCc2ccco2)C1=O. The van der Waals surface area contributed by atoms with Gasteiger partial charge in [-0.1, -0.05) is 37.3 Å². The highest BCUT2D eigenvalue weighted by molar-refractivity contribution is 6.09. The third-order valence-electron chi connectivity index (χ3n) is 4.31. The lowest BCUT2D eigenvalue weighted by molar-refractivity contribution is -0.135. The summed E-state index contributed by atoms with van der Waals surface area (Å²) in [6, 6.07) is 11.9. The van der Waals surface area contributed by atoms with E-state index >= 15 is 0 Å². The van der Waals surface area contributed by atoms with E-state index < -0.39 is 23.4 Å². The van der Waals surface area contributed by atoms with Crippen LogP contribution in [0, 0.1) is 0 Å². The average Bonchev–Trinajstić information content (AvgIpc) is 3.23. The summed E-state index contributed by atoms with van der Waals surface area (Å²) in [7, 11) is 0. The van der Waals surface area contributed by atoms with Gasteiger partial charge in [0.15, 0.2) is 0 Å². The second kappa shape index (κ2) is 6.80. The molecular weight excluding hydrogens is 322 g/mol. The number of benzene rings is 1. The molecule has 2 aromatic rings. The fourth-order valence-electron chi connectivity index (χ4n) is 2.93. The summed E-state index contributed by atoms with van der Waals surface area (Å²) in [6.45, 7) is 1.69. The van der Waals surface area contributed by atoms with Crippen LogP contribution in [0.3, 0.4) is 0 Å². The molecule has 0 spiro atoms. The minimum absolute atomic E-state index is 0.201. The molecule has 1 atom stereocenters. The normalized spacial score (nSPS) is 19.8. The van der Waals surface area contributed by atoms with E-state index in [1.165, 1.54) is 6.26 Å². The number of hydrogen-bond acceptors (Lipinski definition) is 4. The predicted molar refractivity (Wildman–Crippen MR) is 89.2 cm³/mol. The molecule has 4 amide bonds. The fraction of sp³-hybridized carbons (Fsp3) is 0.278. The molecular formula is C18H19N3O4. The Balaban J connectivity index is 1.71. The number of amides is 4. The van der Waals surface area contributed by atoms with E-state index in [0.29, 0.717) is 17.7 Å². The van der Waals surface area contributed by atoms with E-state index in [1.54, 1.807) is 24.3 Å². The molecule has 7 nitrogen and oxygen atoms in total. The monoisotopic (exact) mass is 341 g/mol. The van der Waals surface area contributed by atoms with Crippen LogP contribution in [-0.4, -0.2) is 29.3 Å². The van der Waals surface area contributed by atoms with Crippen LogP contribution in [-0.2, 0) is 21.7 Å². The first-order valence-electron chi connectivity index (χ1n) is 8.05.